The van der Waals surface area contributed by atoms with E-state index >= 15 is 0 Å². The van der Waals surface area contributed by atoms with Crippen LogP contribution in [0.4, 0.5) is 14.9 Å². The smallest absolute Gasteiger partial charge is 0.321 e. The molecule has 2 aromatic carbocycles. The van der Waals surface area contributed by atoms with Crippen LogP contribution < -0.4 is 20.7 Å². The van der Waals surface area contributed by atoms with E-state index in [0.717, 1.165) is 18.4 Å². The standard InChI is InChI=1S/C20H22FN3O3/c1-13(19(25)24-20(26)23-16-9-10-16)22-17-3-2-4-18(11-17)27-12-14-5-7-15(21)8-6-14/h2-8,11,13,16,22H,9-10,12H2,1H3,(H2,23,24,25,26)/t13-/m1/s1. The lowest BCUT2D eigenvalue weighted by atomic mass is 10.2. The Morgan fingerprint density at radius 1 is 1.19 bits per heavy atom. The molecule has 1 aliphatic rings. The Morgan fingerprint density at radius 2 is 1.93 bits per heavy atom. The van der Waals surface area contributed by atoms with Crippen molar-refractivity contribution in [3.05, 3.63) is 59.9 Å². The Morgan fingerprint density at radius 3 is 2.63 bits per heavy atom. The number of carbonyl (C=O) groups excluding carboxylic acids is 2. The number of imide groups is 1. The molecule has 1 fully saturated rings. The number of benzene rings is 2. The summed E-state index contributed by atoms with van der Waals surface area (Å²) in [5, 5.41) is 8.07. The first kappa shape index (κ1) is 18.7. The van der Waals surface area contributed by atoms with Crippen molar-refractivity contribution in [1.82, 2.24) is 10.6 Å². The molecular weight excluding hydrogens is 349 g/mol. The summed E-state index contributed by atoms with van der Waals surface area (Å²) in [5.41, 5.74) is 1.54. The van der Waals surface area contributed by atoms with Crippen LogP contribution in [0.25, 0.3) is 0 Å². The van der Waals surface area contributed by atoms with E-state index in [4.69, 9.17) is 4.74 Å². The summed E-state index contributed by atoms with van der Waals surface area (Å²) in [5.74, 6) is -0.0859. The Balaban J connectivity index is 1.50. The Bertz CT molecular complexity index is 806. The lowest BCUT2D eigenvalue weighted by molar-refractivity contribution is -0.120. The predicted octanol–water partition coefficient (Wildman–Crippen LogP) is 3.19. The van der Waals surface area contributed by atoms with Crippen molar-refractivity contribution >= 4 is 17.6 Å². The van der Waals surface area contributed by atoms with Crippen LogP contribution in [0.5, 0.6) is 5.75 Å². The van der Waals surface area contributed by atoms with Crippen molar-refractivity contribution in [2.45, 2.75) is 38.5 Å². The molecule has 1 atom stereocenters. The highest BCUT2D eigenvalue weighted by Gasteiger charge is 2.24. The number of urea groups is 1. The molecule has 0 bridgehead atoms. The number of anilines is 1. The second-order valence-electron chi connectivity index (χ2n) is 6.55. The normalized spacial score (nSPS) is 14.1. The monoisotopic (exact) mass is 371 g/mol. The highest BCUT2D eigenvalue weighted by molar-refractivity contribution is 5.98. The first-order valence-electron chi connectivity index (χ1n) is 8.85. The molecule has 3 amide bonds. The number of ether oxygens (including phenoxy) is 1. The molecule has 142 valence electrons. The predicted molar refractivity (Wildman–Crippen MR) is 100.0 cm³/mol. The van der Waals surface area contributed by atoms with Gasteiger partial charge < -0.3 is 15.4 Å². The third kappa shape index (κ3) is 5.99. The molecule has 27 heavy (non-hydrogen) atoms. The molecule has 3 N–H and O–H groups in total. The molecule has 7 heteroatoms. The summed E-state index contributed by atoms with van der Waals surface area (Å²) in [4.78, 5) is 23.7. The number of halogens is 1. The summed E-state index contributed by atoms with van der Waals surface area (Å²) in [6, 6.07) is 12.4. The summed E-state index contributed by atoms with van der Waals surface area (Å²) >= 11 is 0. The lowest BCUT2D eigenvalue weighted by Crippen LogP contribution is -2.46. The highest BCUT2D eigenvalue weighted by Crippen LogP contribution is 2.20. The van der Waals surface area contributed by atoms with E-state index in [2.05, 4.69) is 16.0 Å². The average Bonchev–Trinajstić information content (AvgIpc) is 3.45. The average molecular weight is 371 g/mol. The molecule has 0 aromatic heterocycles. The maximum absolute atomic E-state index is 12.9. The van der Waals surface area contributed by atoms with Gasteiger partial charge in [-0.25, -0.2) is 9.18 Å². The Hall–Kier alpha value is -3.09. The van der Waals surface area contributed by atoms with Crippen LogP contribution in [0.1, 0.15) is 25.3 Å². The van der Waals surface area contributed by atoms with Gasteiger partial charge in [0.1, 0.15) is 24.2 Å². The van der Waals surface area contributed by atoms with Crippen molar-refractivity contribution in [2.24, 2.45) is 0 Å². The van der Waals surface area contributed by atoms with E-state index in [9.17, 15) is 14.0 Å². The highest BCUT2D eigenvalue weighted by atomic mass is 19.1. The molecule has 0 heterocycles. The van der Waals surface area contributed by atoms with Crippen LogP contribution in [0, 0.1) is 5.82 Å². The van der Waals surface area contributed by atoms with Gasteiger partial charge >= 0.3 is 6.03 Å². The second kappa shape index (κ2) is 8.53. The molecule has 6 nitrogen and oxygen atoms in total. The molecule has 3 rings (SSSR count). The van der Waals surface area contributed by atoms with E-state index in [1.807, 2.05) is 0 Å². The van der Waals surface area contributed by atoms with E-state index in [0.29, 0.717) is 18.0 Å². The number of hydrogen-bond donors (Lipinski definition) is 3. The number of rotatable bonds is 7. The minimum Gasteiger partial charge on any atom is -0.489 e. The van der Waals surface area contributed by atoms with Gasteiger partial charge in [-0.1, -0.05) is 18.2 Å². The van der Waals surface area contributed by atoms with E-state index in [-0.39, 0.29) is 11.9 Å². The molecule has 0 spiro atoms. The van der Waals surface area contributed by atoms with Crippen LogP contribution in [0.2, 0.25) is 0 Å². The minimum atomic E-state index is -0.595. The molecule has 1 aliphatic carbocycles. The van der Waals surface area contributed by atoms with Gasteiger partial charge in [-0.05, 0) is 49.6 Å². The first-order chi connectivity index (χ1) is 13.0. The van der Waals surface area contributed by atoms with Gasteiger partial charge in [0.2, 0.25) is 5.91 Å². The number of carbonyl (C=O) groups is 2. The fourth-order valence-corrected chi connectivity index (χ4v) is 2.41. The summed E-state index contributed by atoms with van der Waals surface area (Å²) in [6.07, 6.45) is 1.92. The zero-order chi connectivity index (χ0) is 19.2. The van der Waals surface area contributed by atoms with Crippen molar-refractivity contribution in [3.8, 4) is 5.75 Å². The molecule has 0 radical (unpaired) electrons. The quantitative estimate of drug-likeness (QED) is 0.698. The fourth-order valence-electron chi connectivity index (χ4n) is 2.41. The van der Waals surface area contributed by atoms with Gasteiger partial charge in [-0.15, -0.1) is 0 Å². The van der Waals surface area contributed by atoms with Gasteiger partial charge in [0, 0.05) is 17.8 Å². The summed E-state index contributed by atoms with van der Waals surface area (Å²) in [6.45, 7) is 1.98. The zero-order valence-electron chi connectivity index (χ0n) is 15.0. The summed E-state index contributed by atoms with van der Waals surface area (Å²) < 4.78 is 18.6. The van der Waals surface area contributed by atoms with Crippen LogP contribution in [-0.2, 0) is 11.4 Å². The molecule has 2 aromatic rings. The molecule has 0 aliphatic heterocycles. The lowest BCUT2D eigenvalue weighted by Gasteiger charge is -2.16. The number of nitrogens with one attached hydrogen (secondary N) is 3. The Labute approximate surface area is 157 Å². The SMILES string of the molecule is C[C@@H](Nc1cccc(OCc2ccc(F)cc2)c1)C(=O)NC(=O)NC1CC1. The van der Waals surface area contributed by atoms with Crippen LogP contribution in [-0.4, -0.2) is 24.0 Å². The molecule has 0 saturated heterocycles. The molecule has 0 unspecified atom stereocenters. The maximum Gasteiger partial charge on any atom is 0.321 e. The van der Waals surface area contributed by atoms with Crippen LogP contribution in [0.15, 0.2) is 48.5 Å². The maximum atomic E-state index is 12.9. The van der Waals surface area contributed by atoms with E-state index < -0.39 is 18.0 Å². The molecular formula is C20H22FN3O3. The van der Waals surface area contributed by atoms with Crippen LogP contribution >= 0.6 is 0 Å². The van der Waals surface area contributed by atoms with Crippen LogP contribution in [0.3, 0.4) is 0 Å². The van der Waals surface area contributed by atoms with Gasteiger partial charge in [-0.3, -0.25) is 10.1 Å². The third-order valence-electron chi connectivity index (χ3n) is 4.08. The van der Waals surface area contributed by atoms with Gasteiger partial charge in [-0.2, -0.15) is 0 Å². The minimum absolute atomic E-state index is 0.191. The molecule has 1 saturated carbocycles. The number of hydrogen-bond acceptors (Lipinski definition) is 4. The number of amides is 3. The van der Waals surface area contributed by atoms with Crippen molar-refractivity contribution in [2.75, 3.05) is 5.32 Å². The van der Waals surface area contributed by atoms with Crippen molar-refractivity contribution in [3.63, 3.8) is 0 Å². The van der Waals surface area contributed by atoms with E-state index in [1.54, 1.807) is 43.3 Å². The van der Waals surface area contributed by atoms with Gasteiger partial charge in [0.05, 0.1) is 0 Å². The zero-order valence-corrected chi connectivity index (χ0v) is 15.0. The topological polar surface area (TPSA) is 79.5 Å². The summed E-state index contributed by atoms with van der Waals surface area (Å²) in [7, 11) is 0. The largest absolute Gasteiger partial charge is 0.489 e. The van der Waals surface area contributed by atoms with E-state index in [1.165, 1.54) is 12.1 Å². The van der Waals surface area contributed by atoms with Gasteiger partial charge in [0.15, 0.2) is 0 Å². The second-order valence-corrected chi connectivity index (χ2v) is 6.55. The van der Waals surface area contributed by atoms with Crippen molar-refractivity contribution in [1.29, 1.82) is 0 Å². The van der Waals surface area contributed by atoms with Crippen molar-refractivity contribution < 1.29 is 18.7 Å². The third-order valence-corrected chi connectivity index (χ3v) is 4.08. The fraction of sp³-hybridized carbons (Fsp3) is 0.300. The Kier molecular flexibility index (Phi) is 5.90. The van der Waals surface area contributed by atoms with Gasteiger partial charge in [0.25, 0.3) is 0 Å². The first-order valence-corrected chi connectivity index (χ1v) is 8.85.